The molecular formula is C14H21N3. The molecule has 0 amide bonds. The van der Waals surface area contributed by atoms with Crippen LogP contribution >= 0.6 is 0 Å². The Kier molecular flexibility index (Phi) is 3.70. The Balaban J connectivity index is 2.11. The molecular weight excluding hydrogens is 210 g/mol. The molecule has 92 valence electrons. The lowest BCUT2D eigenvalue weighted by atomic mass is 10.0. The zero-order chi connectivity index (χ0) is 12.3. The maximum Gasteiger partial charge on any atom is 0.0619 e. The Bertz CT molecular complexity index is 382. The van der Waals surface area contributed by atoms with Crippen molar-refractivity contribution in [2.45, 2.75) is 32.1 Å². The Hall–Kier alpha value is -1.47. The molecule has 3 heteroatoms. The summed E-state index contributed by atoms with van der Waals surface area (Å²) in [5.74, 6) is 0.638. The van der Waals surface area contributed by atoms with Crippen LogP contribution in [-0.4, -0.2) is 24.7 Å². The van der Waals surface area contributed by atoms with Crippen molar-refractivity contribution in [3.05, 3.63) is 29.4 Å². The molecule has 17 heavy (non-hydrogen) atoms. The minimum absolute atomic E-state index is 0.638. The van der Waals surface area contributed by atoms with E-state index in [9.17, 15) is 0 Å². The molecule has 0 saturated heterocycles. The normalized spacial score (nSPS) is 21.5. The van der Waals surface area contributed by atoms with E-state index in [4.69, 9.17) is 5.73 Å². The smallest absolute Gasteiger partial charge is 0.0619 e. The van der Waals surface area contributed by atoms with E-state index in [-0.39, 0.29) is 0 Å². The number of rotatable bonds is 3. The van der Waals surface area contributed by atoms with Gasteiger partial charge in [0.25, 0.3) is 0 Å². The molecule has 1 aliphatic carbocycles. The van der Waals surface area contributed by atoms with Gasteiger partial charge in [-0.3, -0.25) is 4.99 Å². The molecule has 1 fully saturated rings. The molecule has 0 radical (unpaired) electrons. The second-order valence-electron chi connectivity index (χ2n) is 4.84. The van der Waals surface area contributed by atoms with Gasteiger partial charge >= 0.3 is 0 Å². The molecule has 0 atom stereocenters. The molecule has 1 aliphatic heterocycles. The van der Waals surface area contributed by atoms with Crippen LogP contribution < -0.4 is 5.73 Å². The Labute approximate surface area is 103 Å². The highest BCUT2D eigenvalue weighted by atomic mass is 15.2. The Morgan fingerprint density at radius 1 is 1.41 bits per heavy atom. The predicted octanol–water partition coefficient (Wildman–Crippen LogP) is 2.42. The fourth-order valence-corrected chi connectivity index (χ4v) is 2.88. The fraction of sp³-hybridized carbons (Fsp3) is 0.571. The van der Waals surface area contributed by atoms with Gasteiger partial charge in [0.2, 0.25) is 0 Å². The van der Waals surface area contributed by atoms with Gasteiger partial charge in [-0.25, -0.2) is 0 Å². The summed E-state index contributed by atoms with van der Waals surface area (Å²) in [6, 6.07) is 0. The van der Waals surface area contributed by atoms with Crippen LogP contribution in [0, 0.1) is 5.92 Å². The number of nitrogens with zero attached hydrogens (tertiary/aromatic N) is 2. The molecule has 2 rings (SSSR count). The summed E-state index contributed by atoms with van der Waals surface area (Å²) in [6.07, 6.45) is 6.07. The van der Waals surface area contributed by atoms with Crippen LogP contribution in [0.2, 0.25) is 0 Å². The molecule has 3 nitrogen and oxygen atoms in total. The van der Waals surface area contributed by atoms with Crippen LogP contribution in [-0.2, 0) is 0 Å². The lowest BCUT2D eigenvalue weighted by Crippen LogP contribution is -2.35. The molecule has 0 aromatic carbocycles. The van der Waals surface area contributed by atoms with Crippen molar-refractivity contribution in [1.29, 1.82) is 0 Å². The maximum atomic E-state index is 6.01. The van der Waals surface area contributed by atoms with Crippen LogP contribution in [0.1, 0.15) is 32.1 Å². The molecule has 2 aliphatic rings. The Morgan fingerprint density at radius 3 is 2.65 bits per heavy atom. The third-order valence-corrected chi connectivity index (χ3v) is 3.80. The van der Waals surface area contributed by atoms with Crippen LogP contribution in [0.25, 0.3) is 0 Å². The number of aliphatic imine (C=N–C) groups is 1. The van der Waals surface area contributed by atoms with Gasteiger partial charge < -0.3 is 10.6 Å². The summed E-state index contributed by atoms with van der Waals surface area (Å²) in [7, 11) is 0. The van der Waals surface area contributed by atoms with Crippen molar-refractivity contribution < 1.29 is 0 Å². The van der Waals surface area contributed by atoms with Gasteiger partial charge in [-0.15, -0.1) is 5.73 Å². The van der Waals surface area contributed by atoms with Crippen molar-refractivity contribution in [2.24, 2.45) is 16.6 Å². The maximum absolute atomic E-state index is 6.01. The molecule has 2 N–H and O–H groups in total. The summed E-state index contributed by atoms with van der Waals surface area (Å²) in [4.78, 5) is 6.29. The number of nitrogens with two attached hydrogens (primary N) is 1. The van der Waals surface area contributed by atoms with Gasteiger partial charge in [0, 0.05) is 24.6 Å². The van der Waals surface area contributed by atoms with Crippen molar-refractivity contribution in [2.75, 3.05) is 13.1 Å². The summed E-state index contributed by atoms with van der Waals surface area (Å²) >= 11 is 0. The average molecular weight is 231 g/mol. The molecule has 1 heterocycles. The molecule has 1 saturated carbocycles. The summed E-state index contributed by atoms with van der Waals surface area (Å²) in [5, 5.41) is 0. The number of allylic oxidation sites excluding steroid dienone is 1. The summed E-state index contributed by atoms with van der Waals surface area (Å²) < 4.78 is 0. The van der Waals surface area contributed by atoms with E-state index >= 15 is 0 Å². The first-order chi connectivity index (χ1) is 8.26. The molecule has 0 bridgehead atoms. The van der Waals surface area contributed by atoms with E-state index in [1.165, 1.54) is 31.4 Å². The van der Waals surface area contributed by atoms with Gasteiger partial charge in [0.05, 0.1) is 17.9 Å². The van der Waals surface area contributed by atoms with Crippen molar-refractivity contribution in [1.82, 2.24) is 4.90 Å². The summed E-state index contributed by atoms with van der Waals surface area (Å²) in [6.45, 7) is 9.12. The zero-order valence-corrected chi connectivity index (χ0v) is 10.4. The van der Waals surface area contributed by atoms with Crippen molar-refractivity contribution in [3.63, 3.8) is 0 Å². The molecule has 0 aromatic rings. The minimum atomic E-state index is 0.638. The lowest BCUT2D eigenvalue weighted by Gasteiger charge is -2.33. The van der Waals surface area contributed by atoms with Gasteiger partial charge in [-0.2, -0.15) is 0 Å². The number of hydrogen-bond donors (Lipinski definition) is 1. The minimum Gasteiger partial charge on any atom is -0.399 e. The van der Waals surface area contributed by atoms with Crippen LogP contribution in [0.4, 0.5) is 0 Å². The highest BCUT2D eigenvalue weighted by Gasteiger charge is 2.26. The quantitative estimate of drug-likeness (QED) is 0.598. The summed E-state index contributed by atoms with van der Waals surface area (Å²) in [5.41, 5.74) is 12.2. The molecule has 0 aromatic heterocycles. The number of hydrogen-bond acceptors (Lipinski definition) is 3. The van der Waals surface area contributed by atoms with Crippen LogP contribution in [0.3, 0.4) is 0 Å². The first-order valence-electron chi connectivity index (χ1n) is 6.35. The van der Waals surface area contributed by atoms with E-state index < -0.39 is 0 Å². The molecule has 0 spiro atoms. The third kappa shape index (κ3) is 2.45. The largest absolute Gasteiger partial charge is 0.399 e. The van der Waals surface area contributed by atoms with E-state index in [1.54, 1.807) is 0 Å². The van der Waals surface area contributed by atoms with E-state index in [2.05, 4.69) is 28.9 Å². The van der Waals surface area contributed by atoms with E-state index in [1.807, 2.05) is 0 Å². The topological polar surface area (TPSA) is 41.6 Å². The Morgan fingerprint density at radius 2 is 2.12 bits per heavy atom. The third-order valence-electron chi connectivity index (χ3n) is 3.80. The predicted molar refractivity (Wildman–Crippen MR) is 71.6 cm³/mol. The lowest BCUT2D eigenvalue weighted by molar-refractivity contribution is 0.311. The second kappa shape index (κ2) is 5.24. The van der Waals surface area contributed by atoms with E-state index in [0.717, 1.165) is 30.9 Å². The van der Waals surface area contributed by atoms with Crippen molar-refractivity contribution in [3.8, 4) is 0 Å². The highest BCUT2D eigenvalue weighted by molar-refractivity contribution is 5.32. The average Bonchev–Trinajstić information content (AvgIpc) is 2.84. The molecule has 0 unspecified atom stereocenters. The van der Waals surface area contributed by atoms with Gasteiger partial charge in [-0.05, 0) is 19.6 Å². The standard InChI is InChI=1S/C14H21N3/c1-3-14(11-6-4-5-7-11)17-9-8-13(16-2)12(15)10-17/h11H,1-2,4-10,15H2. The second-order valence-corrected chi connectivity index (χ2v) is 4.84. The highest BCUT2D eigenvalue weighted by Crippen LogP contribution is 2.33. The SMILES string of the molecule is C=C=C(C1CCCC1)N1CCC(N=C)=C(N)C1. The van der Waals surface area contributed by atoms with Gasteiger partial charge in [-0.1, -0.05) is 19.4 Å². The van der Waals surface area contributed by atoms with E-state index in [0.29, 0.717) is 5.92 Å². The first-order valence-corrected chi connectivity index (χ1v) is 6.35. The van der Waals surface area contributed by atoms with Gasteiger partial charge in [0.15, 0.2) is 0 Å². The fourth-order valence-electron chi connectivity index (χ4n) is 2.88. The monoisotopic (exact) mass is 231 g/mol. The van der Waals surface area contributed by atoms with Crippen molar-refractivity contribution >= 4 is 6.72 Å². The van der Waals surface area contributed by atoms with Gasteiger partial charge in [0.1, 0.15) is 0 Å². The van der Waals surface area contributed by atoms with Crippen LogP contribution in [0.15, 0.2) is 34.4 Å². The first kappa shape index (κ1) is 12.0. The zero-order valence-electron chi connectivity index (χ0n) is 10.4. The van der Waals surface area contributed by atoms with Crippen LogP contribution in [0.5, 0.6) is 0 Å².